The Hall–Kier alpha value is -2.34. The van der Waals surface area contributed by atoms with Crippen LogP contribution in [0.2, 0.25) is 5.02 Å². The van der Waals surface area contributed by atoms with Gasteiger partial charge in [-0.2, -0.15) is 0 Å². The SMILES string of the molecule is O=S(=O)(Nc1cscn1)c1c(F)cc(NCc2c(Cl)ccc(F)c2CN2CCC2)cc1F. The maximum absolute atomic E-state index is 14.6. The Bertz CT molecular complexity index is 1210. The molecule has 6 nitrogen and oxygen atoms in total. The average molecular weight is 503 g/mol. The molecule has 0 saturated carbocycles. The molecule has 2 N–H and O–H groups in total. The Balaban J connectivity index is 1.56. The molecule has 0 bridgehead atoms. The number of thiazole rings is 1. The largest absolute Gasteiger partial charge is 0.381 e. The van der Waals surface area contributed by atoms with Gasteiger partial charge in [-0.25, -0.2) is 26.6 Å². The summed E-state index contributed by atoms with van der Waals surface area (Å²) in [6.45, 7) is 2.10. The number of anilines is 2. The van der Waals surface area contributed by atoms with E-state index in [0.717, 1.165) is 43.0 Å². The number of hydrogen-bond acceptors (Lipinski definition) is 6. The summed E-state index contributed by atoms with van der Waals surface area (Å²) < 4.78 is 70.4. The fourth-order valence-electron chi connectivity index (χ4n) is 3.32. The minimum atomic E-state index is -4.52. The van der Waals surface area contributed by atoms with Crippen molar-refractivity contribution in [2.45, 2.75) is 24.4 Å². The lowest BCUT2D eigenvalue weighted by atomic mass is 10.0. The summed E-state index contributed by atoms with van der Waals surface area (Å²) >= 11 is 7.39. The zero-order valence-corrected chi connectivity index (χ0v) is 18.9. The summed E-state index contributed by atoms with van der Waals surface area (Å²) in [6, 6.07) is 4.44. The van der Waals surface area contributed by atoms with Crippen LogP contribution in [0.15, 0.2) is 40.1 Å². The molecule has 4 rings (SSSR count). The Morgan fingerprint density at radius 3 is 2.41 bits per heavy atom. The number of nitrogens with one attached hydrogen (secondary N) is 2. The van der Waals surface area contributed by atoms with E-state index < -0.39 is 32.4 Å². The highest BCUT2D eigenvalue weighted by molar-refractivity contribution is 7.92. The molecule has 1 aliphatic rings. The van der Waals surface area contributed by atoms with Crippen LogP contribution < -0.4 is 10.0 Å². The highest BCUT2D eigenvalue weighted by Gasteiger charge is 2.26. The molecular weight excluding hydrogens is 485 g/mol. The molecule has 3 aromatic rings. The van der Waals surface area contributed by atoms with Crippen molar-refractivity contribution in [2.75, 3.05) is 23.1 Å². The molecule has 1 aliphatic heterocycles. The second-order valence-corrected chi connectivity index (χ2v) is 9.96. The van der Waals surface area contributed by atoms with Gasteiger partial charge in [0.2, 0.25) is 0 Å². The molecule has 1 saturated heterocycles. The van der Waals surface area contributed by atoms with Crippen LogP contribution in [-0.4, -0.2) is 31.4 Å². The second kappa shape index (κ2) is 9.26. The third-order valence-electron chi connectivity index (χ3n) is 5.05. The smallest absolute Gasteiger partial charge is 0.268 e. The van der Waals surface area contributed by atoms with Crippen LogP contribution in [0, 0.1) is 17.5 Å². The number of aromatic nitrogens is 1. The first-order chi connectivity index (χ1) is 15.2. The summed E-state index contributed by atoms with van der Waals surface area (Å²) in [5.74, 6) is -3.00. The fourth-order valence-corrected chi connectivity index (χ4v) is 5.24. The Morgan fingerprint density at radius 1 is 1.09 bits per heavy atom. The highest BCUT2D eigenvalue weighted by Crippen LogP contribution is 2.29. The summed E-state index contributed by atoms with van der Waals surface area (Å²) in [4.78, 5) is 4.69. The molecule has 0 atom stereocenters. The van der Waals surface area contributed by atoms with Gasteiger partial charge >= 0.3 is 0 Å². The van der Waals surface area contributed by atoms with Crippen molar-refractivity contribution >= 4 is 44.5 Å². The summed E-state index contributed by atoms with van der Waals surface area (Å²) in [5, 5.41) is 4.52. The minimum absolute atomic E-state index is 0.00180. The molecule has 0 spiro atoms. The number of hydrogen-bond donors (Lipinski definition) is 2. The average Bonchev–Trinajstić information content (AvgIpc) is 3.17. The predicted octanol–water partition coefficient (Wildman–Crippen LogP) is 4.83. The predicted molar refractivity (Wildman–Crippen MR) is 118 cm³/mol. The number of rotatable bonds is 8. The van der Waals surface area contributed by atoms with Crippen molar-refractivity contribution in [3.8, 4) is 0 Å². The van der Waals surface area contributed by atoms with Gasteiger partial charge < -0.3 is 5.32 Å². The van der Waals surface area contributed by atoms with Gasteiger partial charge in [-0.15, -0.1) is 11.3 Å². The van der Waals surface area contributed by atoms with E-state index in [0.29, 0.717) is 22.7 Å². The summed E-state index contributed by atoms with van der Waals surface area (Å²) in [7, 11) is -4.52. The number of nitrogens with zero attached hydrogens (tertiary/aromatic N) is 2. The van der Waals surface area contributed by atoms with Gasteiger partial charge in [0.1, 0.15) is 17.5 Å². The standard InChI is InChI=1S/C20H18ClF3N4O2S2/c21-15-2-3-16(22)14(9-28-4-1-5-28)13(15)8-25-12-6-17(23)20(18(24)7-12)32(29,30)27-19-10-31-11-26-19/h2-3,6-7,10-11,25,27H,1,4-5,8-9H2. The summed E-state index contributed by atoms with van der Waals surface area (Å²) in [6.07, 6.45) is 1.04. The van der Waals surface area contributed by atoms with Crippen molar-refractivity contribution in [1.29, 1.82) is 0 Å². The quantitative estimate of drug-likeness (QED) is 0.461. The fraction of sp³-hybridized carbons (Fsp3) is 0.250. The van der Waals surface area contributed by atoms with Crippen molar-refractivity contribution in [3.05, 3.63) is 68.8 Å². The molecule has 1 aromatic heterocycles. The number of halogens is 4. The molecule has 0 radical (unpaired) electrons. The van der Waals surface area contributed by atoms with Crippen LogP contribution in [-0.2, 0) is 23.1 Å². The lowest BCUT2D eigenvalue weighted by molar-refractivity contribution is 0.170. The summed E-state index contributed by atoms with van der Waals surface area (Å²) in [5.41, 5.74) is 2.26. The maximum Gasteiger partial charge on any atom is 0.268 e. The van der Waals surface area contributed by atoms with Crippen LogP contribution in [0.3, 0.4) is 0 Å². The van der Waals surface area contributed by atoms with Gasteiger partial charge in [-0.3, -0.25) is 9.62 Å². The maximum atomic E-state index is 14.6. The second-order valence-electron chi connectivity index (χ2n) is 7.22. The third-order valence-corrected chi connectivity index (χ3v) is 7.40. The van der Waals surface area contributed by atoms with E-state index in [1.165, 1.54) is 23.0 Å². The van der Waals surface area contributed by atoms with Gasteiger partial charge in [0.15, 0.2) is 10.7 Å². The first kappa shape index (κ1) is 22.8. The van der Waals surface area contributed by atoms with E-state index in [-0.39, 0.29) is 18.1 Å². The van der Waals surface area contributed by atoms with E-state index in [4.69, 9.17) is 11.6 Å². The van der Waals surface area contributed by atoms with Crippen molar-refractivity contribution in [2.24, 2.45) is 0 Å². The van der Waals surface area contributed by atoms with Crippen molar-refractivity contribution < 1.29 is 21.6 Å². The van der Waals surface area contributed by atoms with Crippen molar-refractivity contribution in [1.82, 2.24) is 9.88 Å². The Labute approximate surface area is 192 Å². The topological polar surface area (TPSA) is 74.3 Å². The zero-order valence-electron chi connectivity index (χ0n) is 16.5. The van der Waals surface area contributed by atoms with Gasteiger partial charge in [-0.05, 0) is 49.3 Å². The lowest BCUT2D eigenvalue weighted by Crippen LogP contribution is -2.37. The van der Waals surface area contributed by atoms with Crippen LogP contribution in [0.25, 0.3) is 0 Å². The lowest BCUT2D eigenvalue weighted by Gasteiger charge is -2.31. The van der Waals surface area contributed by atoms with Crippen LogP contribution >= 0.6 is 22.9 Å². The third kappa shape index (κ3) is 4.85. The van der Waals surface area contributed by atoms with E-state index in [9.17, 15) is 21.6 Å². The molecule has 170 valence electrons. The van der Waals surface area contributed by atoms with Crippen LogP contribution in [0.4, 0.5) is 24.7 Å². The van der Waals surface area contributed by atoms with E-state index in [1.807, 2.05) is 4.72 Å². The van der Waals surface area contributed by atoms with Gasteiger partial charge in [0.05, 0.1) is 5.51 Å². The van der Waals surface area contributed by atoms with Crippen LogP contribution in [0.5, 0.6) is 0 Å². The number of likely N-dealkylation sites (tertiary alicyclic amines) is 1. The molecule has 2 aromatic carbocycles. The van der Waals surface area contributed by atoms with Gasteiger partial charge in [0, 0.05) is 34.7 Å². The monoisotopic (exact) mass is 502 g/mol. The molecular formula is C20H18ClF3N4O2S2. The van der Waals surface area contributed by atoms with E-state index >= 15 is 0 Å². The normalized spacial score (nSPS) is 14.2. The van der Waals surface area contributed by atoms with Crippen molar-refractivity contribution in [3.63, 3.8) is 0 Å². The Kier molecular flexibility index (Phi) is 6.61. The first-order valence-corrected chi connectivity index (χ1v) is 12.4. The molecule has 0 unspecified atom stereocenters. The number of benzene rings is 2. The Morgan fingerprint density at radius 2 is 1.81 bits per heavy atom. The first-order valence-electron chi connectivity index (χ1n) is 9.56. The van der Waals surface area contributed by atoms with Gasteiger partial charge in [-0.1, -0.05) is 11.6 Å². The van der Waals surface area contributed by atoms with E-state index in [2.05, 4.69) is 15.2 Å². The van der Waals surface area contributed by atoms with Gasteiger partial charge in [0.25, 0.3) is 10.0 Å². The zero-order chi connectivity index (χ0) is 22.9. The molecule has 2 heterocycles. The molecule has 0 amide bonds. The minimum Gasteiger partial charge on any atom is -0.381 e. The molecule has 12 heteroatoms. The highest BCUT2D eigenvalue weighted by atomic mass is 35.5. The molecule has 0 aliphatic carbocycles. The molecule has 32 heavy (non-hydrogen) atoms. The van der Waals surface area contributed by atoms with Crippen LogP contribution in [0.1, 0.15) is 17.5 Å². The molecule has 1 fully saturated rings. The van der Waals surface area contributed by atoms with E-state index in [1.54, 1.807) is 0 Å². The number of sulfonamides is 1.